The fourth-order valence-corrected chi connectivity index (χ4v) is 4.29. The highest BCUT2D eigenvalue weighted by Crippen LogP contribution is 2.49. The largest absolute Gasteiger partial charge is 0.497 e. The molecule has 5 rings (SSSR count). The summed E-state index contributed by atoms with van der Waals surface area (Å²) < 4.78 is 7.36. The number of ether oxygens (including phenoxy) is 1. The highest BCUT2D eigenvalue weighted by atomic mass is 16.5. The molecule has 0 spiro atoms. The lowest BCUT2D eigenvalue weighted by Gasteiger charge is -2.21. The van der Waals surface area contributed by atoms with Crippen molar-refractivity contribution in [3.8, 4) is 33.7 Å². The van der Waals surface area contributed by atoms with Crippen molar-refractivity contribution in [2.75, 3.05) is 7.11 Å². The number of hydrogen-bond donors (Lipinski definition) is 0. The molecule has 142 valence electrons. The minimum absolute atomic E-state index is 0.0350. The second-order valence-electron chi connectivity index (χ2n) is 8.00. The van der Waals surface area contributed by atoms with Crippen LogP contribution in [0, 0.1) is 0 Å². The van der Waals surface area contributed by atoms with Gasteiger partial charge >= 0.3 is 0 Å². The molecule has 0 fully saturated rings. The molecular weight excluding hydrogens is 356 g/mol. The zero-order valence-electron chi connectivity index (χ0n) is 16.9. The molecule has 4 aromatic rings. The quantitative estimate of drug-likeness (QED) is 0.449. The van der Waals surface area contributed by atoms with Crippen LogP contribution in [0.3, 0.4) is 0 Å². The van der Waals surface area contributed by atoms with Crippen LogP contribution in [0.4, 0.5) is 0 Å². The van der Waals surface area contributed by atoms with E-state index in [1.807, 2.05) is 24.5 Å². The average Bonchev–Trinajstić information content (AvgIpc) is 3.01. The van der Waals surface area contributed by atoms with Crippen molar-refractivity contribution in [3.05, 3.63) is 96.6 Å². The predicted octanol–water partition coefficient (Wildman–Crippen LogP) is 5.34. The van der Waals surface area contributed by atoms with Gasteiger partial charge < -0.3 is 4.74 Å². The third-order valence-electron chi connectivity index (χ3n) is 6.01. The number of methoxy groups -OCH3 is 1. The Bertz CT molecular complexity index is 1190. The van der Waals surface area contributed by atoms with Gasteiger partial charge in [0, 0.05) is 42.1 Å². The van der Waals surface area contributed by atoms with Gasteiger partial charge in [0.25, 0.3) is 0 Å². The van der Waals surface area contributed by atoms with Crippen molar-refractivity contribution in [2.24, 2.45) is 0 Å². The van der Waals surface area contributed by atoms with Crippen LogP contribution in [-0.2, 0) is 5.41 Å². The van der Waals surface area contributed by atoms with E-state index in [1.54, 1.807) is 7.11 Å². The maximum atomic E-state index is 5.25. The summed E-state index contributed by atoms with van der Waals surface area (Å²) in [6, 6.07) is 21.3. The summed E-state index contributed by atoms with van der Waals surface area (Å²) in [5, 5.41) is 0. The van der Waals surface area contributed by atoms with E-state index in [2.05, 4.69) is 84.3 Å². The van der Waals surface area contributed by atoms with Gasteiger partial charge in [0.1, 0.15) is 5.75 Å². The summed E-state index contributed by atoms with van der Waals surface area (Å²) in [6.07, 6.45) is 8.10. The number of rotatable bonds is 3. The van der Waals surface area contributed by atoms with Crippen molar-refractivity contribution >= 4 is 0 Å². The Balaban J connectivity index is 1.50. The summed E-state index contributed by atoms with van der Waals surface area (Å²) in [5.74, 6) is 0.864. The SMILES string of the molecule is COc1ccc(-[n+]2ccc(-c3ccc4c(c3)C(C)(C)c3cnccc3-4)cc2)cc1. The highest BCUT2D eigenvalue weighted by Gasteiger charge is 2.35. The first kappa shape index (κ1) is 17.6. The zero-order chi connectivity index (χ0) is 20.0. The summed E-state index contributed by atoms with van der Waals surface area (Å²) in [5.41, 5.74) is 8.81. The first-order chi connectivity index (χ1) is 14.1. The molecule has 0 radical (unpaired) electrons. The maximum Gasteiger partial charge on any atom is 0.210 e. The smallest absolute Gasteiger partial charge is 0.210 e. The molecule has 0 aliphatic heterocycles. The summed E-state index contributed by atoms with van der Waals surface area (Å²) in [6.45, 7) is 4.57. The van der Waals surface area contributed by atoms with E-state index in [-0.39, 0.29) is 5.41 Å². The van der Waals surface area contributed by atoms with Gasteiger partial charge in [-0.1, -0.05) is 26.0 Å². The zero-order valence-corrected chi connectivity index (χ0v) is 16.9. The Labute approximate surface area is 171 Å². The number of pyridine rings is 2. The van der Waals surface area contributed by atoms with Crippen LogP contribution in [0.5, 0.6) is 5.75 Å². The lowest BCUT2D eigenvalue weighted by Crippen LogP contribution is -2.28. The van der Waals surface area contributed by atoms with Gasteiger partial charge in [-0.05, 0) is 57.6 Å². The van der Waals surface area contributed by atoms with E-state index in [0.717, 1.165) is 11.4 Å². The molecule has 0 N–H and O–H groups in total. The minimum atomic E-state index is -0.0350. The minimum Gasteiger partial charge on any atom is -0.497 e. The van der Waals surface area contributed by atoms with Crippen LogP contribution < -0.4 is 9.30 Å². The Kier molecular flexibility index (Phi) is 3.99. The van der Waals surface area contributed by atoms with Crippen LogP contribution in [0.15, 0.2) is 85.5 Å². The van der Waals surface area contributed by atoms with Crippen LogP contribution in [0.25, 0.3) is 27.9 Å². The monoisotopic (exact) mass is 379 g/mol. The fraction of sp³-hybridized carbons (Fsp3) is 0.154. The van der Waals surface area contributed by atoms with Crippen molar-refractivity contribution in [3.63, 3.8) is 0 Å². The molecule has 1 aliphatic carbocycles. The maximum absolute atomic E-state index is 5.25. The summed E-state index contributed by atoms with van der Waals surface area (Å²) in [4.78, 5) is 4.35. The van der Waals surface area contributed by atoms with E-state index >= 15 is 0 Å². The molecule has 1 aliphatic rings. The average molecular weight is 379 g/mol. The molecule has 2 aromatic carbocycles. The molecule has 3 heteroatoms. The fourth-order valence-electron chi connectivity index (χ4n) is 4.29. The van der Waals surface area contributed by atoms with E-state index in [9.17, 15) is 0 Å². The topological polar surface area (TPSA) is 26.0 Å². The van der Waals surface area contributed by atoms with Gasteiger partial charge in [0.2, 0.25) is 5.69 Å². The molecule has 29 heavy (non-hydrogen) atoms. The molecule has 0 bridgehead atoms. The van der Waals surface area contributed by atoms with Crippen molar-refractivity contribution in [1.82, 2.24) is 4.98 Å². The standard InChI is InChI=1S/C26H23N2O/c1-26(2)24-16-19(4-9-22(24)23-10-13-27-17-25(23)26)18-11-14-28(15-12-18)20-5-7-21(29-3)8-6-20/h4-17H,1-3H3/q+1. The second-order valence-corrected chi connectivity index (χ2v) is 8.00. The lowest BCUT2D eigenvalue weighted by molar-refractivity contribution is -0.595. The third-order valence-corrected chi connectivity index (χ3v) is 6.01. The van der Waals surface area contributed by atoms with Crippen molar-refractivity contribution < 1.29 is 9.30 Å². The van der Waals surface area contributed by atoms with Gasteiger partial charge in [-0.3, -0.25) is 4.98 Å². The summed E-state index contributed by atoms with van der Waals surface area (Å²) >= 11 is 0. The number of hydrogen-bond acceptors (Lipinski definition) is 2. The van der Waals surface area contributed by atoms with Gasteiger partial charge in [0.05, 0.1) is 7.11 Å². The van der Waals surface area contributed by atoms with Crippen LogP contribution >= 0.6 is 0 Å². The van der Waals surface area contributed by atoms with E-state index in [1.165, 1.54) is 33.4 Å². The van der Waals surface area contributed by atoms with Gasteiger partial charge in [-0.2, -0.15) is 4.57 Å². The molecule has 0 saturated carbocycles. The van der Waals surface area contributed by atoms with E-state index in [0.29, 0.717) is 0 Å². The third kappa shape index (κ3) is 2.82. The second kappa shape index (κ2) is 6.56. The lowest BCUT2D eigenvalue weighted by atomic mass is 9.82. The number of nitrogens with zero attached hydrogens (tertiary/aromatic N) is 2. The molecule has 3 nitrogen and oxygen atoms in total. The Morgan fingerprint density at radius 3 is 2.24 bits per heavy atom. The molecular formula is C26H23N2O+. The summed E-state index contributed by atoms with van der Waals surface area (Å²) in [7, 11) is 1.68. The number of benzene rings is 2. The van der Waals surface area contributed by atoms with Gasteiger partial charge in [-0.25, -0.2) is 0 Å². The normalized spacial score (nSPS) is 13.6. The Morgan fingerprint density at radius 2 is 1.52 bits per heavy atom. The van der Waals surface area contributed by atoms with Crippen LogP contribution in [0.1, 0.15) is 25.0 Å². The van der Waals surface area contributed by atoms with E-state index in [4.69, 9.17) is 4.74 Å². The molecule has 0 unspecified atom stereocenters. The van der Waals surface area contributed by atoms with Crippen LogP contribution in [-0.4, -0.2) is 12.1 Å². The molecule has 0 atom stereocenters. The van der Waals surface area contributed by atoms with Gasteiger partial charge in [0.15, 0.2) is 12.4 Å². The predicted molar refractivity (Wildman–Crippen MR) is 115 cm³/mol. The van der Waals surface area contributed by atoms with Crippen molar-refractivity contribution in [1.29, 1.82) is 0 Å². The molecule has 0 amide bonds. The first-order valence-electron chi connectivity index (χ1n) is 9.83. The van der Waals surface area contributed by atoms with Crippen molar-refractivity contribution in [2.45, 2.75) is 19.3 Å². The molecule has 2 aromatic heterocycles. The number of aromatic nitrogens is 2. The molecule has 2 heterocycles. The Hall–Kier alpha value is -3.46. The first-order valence-corrected chi connectivity index (χ1v) is 9.83. The molecule has 0 saturated heterocycles. The Morgan fingerprint density at radius 1 is 0.793 bits per heavy atom. The number of fused-ring (bicyclic) bond motifs is 3. The van der Waals surface area contributed by atoms with E-state index < -0.39 is 0 Å². The highest BCUT2D eigenvalue weighted by molar-refractivity contribution is 5.83. The van der Waals surface area contributed by atoms with Crippen LogP contribution in [0.2, 0.25) is 0 Å². The van der Waals surface area contributed by atoms with Gasteiger partial charge in [-0.15, -0.1) is 0 Å².